The van der Waals surface area contributed by atoms with Crippen LogP contribution in [0.1, 0.15) is 35.4 Å². The highest BCUT2D eigenvalue weighted by molar-refractivity contribution is 5.93. The molecular formula is C16H17N5O5. The SMILES string of the molecule is Cc1c(C(=O)N[C@H]2CC[C@@H](C(=O)O)C2)nnn1-c1cccc([N+](=O)[O-])c1. The molecule has 0 spiro atoms. The van der Waals surface area contributed by atoms with Crippen LogP contribution in [0.15, 0.2) is 24.3 Å². The van der Waals surface area contributed by atoms with Gasteiger partial charge in [0.1, 0.15) is 0 Å². The first-order chi connectivity index (χ1) is 12.4. The van der Waals surface area contributed by atoms with Crippen LogP contribution < -0.4 is 5.32 Å². The lowest BCUT2D eigenvalue weighted by molar-refractivity contribution is -0.384. The van der Waals surface area contributed by atoms with E-state index in [-0.39, 0.29) is 17.4 Å². The van der Waals surface area contributed by atoms with Gasteiger partial charge in [0.05, 0.1) is 22.2 Å². The standard InChI is InChI=1S/C16H17N5O5/c1-9-14(15(22)17-11-6-5-10(7-11)16(23)24)18-19-20(9)12-3-2-4-13(8-12)21(25)26/h2-4,8,10-11H,5-7H2,1H3,(H,17,22)(H,23,24)/t10-,11+/m1/s1. The second-order valence-electron chi connectivity index (χ2n) is 6.23. The summed E-state index contributed by atoms with van der Waals surface area (Å²) in [7, 11) is 0. The predicted molar refractivity (Wildman–Crippen MR) is 89.0 cm³/mol. The highest BCUT2D eigenvalue weighted by Gasteiger charge is 2.31. The zero-order valence-electron chi connectivity index (χ0n) is 14.0. The van der Waals surface area contributed by atoms with E-state index in [1.807, 2.05) is 0 Å². The third-order valence-electron chi connectivity index (χ3n) is 4.51. The molecule has 0 radical (unpaired) electrons. The molecule has 0 bridgehead atoms. The first kappa shape index (κ1) is 17.5. The minimum absolute atomic E-state index is 0.0888. The lowest BCUT2D eigenvalue weighted by Gasteiger charge is -2.11. The van der Waals surface area contributed by atoms with Crippen molar-refractivity contribution in [2.75, 3.05) is 0 Å². The molecule has 1 heterocycles. The number of nitro benzene ring substituents is 1. The van der Waals surface area contributed by atoms with Gasteiger partial charge >= 0.3 is 5.97 Å². The number of non-ortho nitro benzene ring substituents is 1. The molecule has 10 heteroatoms. The summed E-state index contributed by atoms with van der Waals surface area (Å²) < 4.78 is 1.36. The lowest BCUT2D eigenvalue weighted by Crippen LogP contribution is -2.34. The van der Waals surface area contributed by atoms with Crippen molar-refractivity contribution >= 4 is 17.6 Å². The van der Waals surface area contributed by atoms with E-state index >= 15 is 0 Å². The van der Waals surface area contributed by atoms with Crippen molar-refractivity contribution in [3.63, 3.8) is 0 Å². The van der Waals surface area contributed by atoms with Gasteiger partial charge in [0, 0.05) is 18.2 Å². The van der Waals surface area contributed by atoms with E-state index in [9.17, 15) is 19.7 Å². The summed E-state index contributed by atoms with van der Waals surface area (Å²) in [5, 5.41) is 30.5. The molecule has 1 aromatic carbocycles. The van der Waals surface area contributed by atoms with Gasteiger partial charge < -0.3 is 10.4 Å². The highest BCUT2D eigenvalue weighted by Crippen LogP contribution is 2.26. The molecule has 2 aromatic rings. The van der Waals surface area contributed by atoms with E-state index in [1.165, 1.54) is 22.9 Å². The number of nitrogens with one attached hydrogen (secondary N) is 1. The fourth-order valence-corrected chi connectivity index (χ4v) is 3.11. The summed E-state index contributed by atoms with van der Waals surface area (Å²) in [5.41, 5.74) is 0.884. The smallest absolute Gasteiger partial charge is 0.306 e. The van der Waals surface area contributed by atoms with Crippen LogP contribution in [0, 0.1) is 23.0 Å². The normalized spacial score (nSPS) is 19.3. The number of carbonyl (C=O) groups excluding carboxylic acids is 1. The van der Waals surface area contributed by atoms with Crippen LogP contribution in [0.2, 0.25) is 0 Å². The second-order valence-corrected chi connectivity index (χ2v) is 6.23. The molecule has 1 aliphatic carbocycles. The number of aromatic nitrogens is 3. The van der Waals surface area contributed by atoms with Gasteiger partial charge in [0.15, 0.2) is 5.69 Å². The van der Waals surface area contributed by atoms with Gasteiger partial charge in [-0.1, -0.05) is 11.3 Å². The number of aliphatic carboxylic acids is 1. The molecule has 3 rings (SSSR count). The molecule has 2 atom stereocenters. The number of nitro groups is 1. The monoisotopic (exact) mass is 359 g/mol. The topological polar surface area (TPSA) is 140 Å². The molecule has 1 saturated carbocycles. The van der Waals surface area contributed by atoms with E-state index in [1.54, 1.807) is 13.0 Å². The van der Waals surface area contributed by atoms with Crippen LogP contribution >= 0.6 is 0 Å². The Kier molecular flexibility index (Phi) is 4.65. The van der Waals surface area contributed by atoms with Crippen LogP contribution in [-0.4, -0.2) is 42.9 Å². The quantitative estimate of drug-likeness (QED) is 0.608. The fraction of sp³-hybridized carbons (Fsp3) is 0.375. The number of benzene rings is 1. The lowest BCUT2D eigenvalue weighted by atomic mass is 10.1. The number of carbonyl (C=O) groups is 2. The maximum absolute atomic E-state index is 12.4. The van der Waals surface area contributed by atoms with E-state index in [0.29, 0.717) is 30.6 Å². The van der Waals surface area contributed by atoms with Crippen molar-refractivity contribution in [3.05, 3.63) is 45.8 Å². The molecule has 10 nitrogen and oxygen atoms in total. The van der Waals surface area contributed by atoms with Crippen molar-refractivity contribution in [3.8, 4) is 5.69 Å². The van der Waals surface area contributed by atoms with Crippen molar-refractivity contribution in [1.29, 1.82) is 0 Å². The van der Waals surface area contributed by atoms with Crippen LogP contribution in [0.25, 0.3) is 5.69 Å². The van der Waals surface area contributed by atoms with Crippen LogP contribution in [-0.2, 0) is 4.79 Å². The predicted octanol–water partition coefficient (Wildman–Crippen LogP) is 1.47. The maximum Gasteiger partial charge on any atom is 0.306 e. The van der Waals surface area contributed by atoms with E-state index in [4.69, 9.17) is 5.11 Å². The second kappa shape index (κ2) is 6.90. The van der Waals surface area contributed by atoms with Gasteiger partial charge in [-0.2, -0.15) is 0 Å². The summed E-state index contributed by atoms with van der Waals surface area (Å²) in [4.78, 5) is 33.8. The molecule has 1 fully saturated rings. The Balaban J connectivity index is 1.77. The number of hydrogen-bond donors (Lipinski definition) is 2. The Labute approximate surface area is 148 Å². The minimum Gasteiger partial charge on any atom is -0.481 e. The fourth-order valence-electron chi connectivity index (χ4n) is 3.11. The first-order valence-corrected chi connectivity index (χ1v) is 8.07. The Bertz CT molecular complexity index is 878. The van der Waals surface area contributed by atoms with Crippen molar-refractivity contribution in [2.45, 2.75) is 32.2 Å². The third kappa shape index (κ3) is 3.39. The van der Waals surface area contributed by atoms with E-state index < -0.39 is 22.7 Å². The maximum atomic E-state index is 12.4. The number of amides is 1. The summed E-state index contributed by atoms with van der Waals surface area (Å²) in [6.45, 7) is 1.64. The summed E-state index contributed by atoms with van der Waals surface area (Å²) >= 11 is 0. The Hall–Kier alpha value is -3.30. The summed E-state index contributed by atoms with van der Waals surface area (Å²) in [6.07, 6.45) is 1.51. The summed E-state index contributed by atoms with van der Waals surface area (Å²) in [5.74, 6) is -1.73. The van der Waals surface area contributed by atoms with Crippen LogP contribution in [0.4, 0.5) is 5.69 Å². The molecule has 26 heavy (non-hydrogen) atoms. The molecule has 1 aromatic heterocycles. The highest BCUT2D eigenvalue weighted by atomic mass is 16.6. The third-order valence-corrected chi connectivity index (χ3v) is 4.51. The van der Waals surface area contributed by atoms with Crippen LogP contribution in [0.3, 0.4) is 0 Å². The minimum atomic E-state index is -0.852. The van der Waals surface area contributed by atoms with Gasteiger partial charge in [0.25, 0.3) is 11.6 Å². The first-order valence-electron chi connectivity index (χ1n) is 8.07. The Morgan fingerprint density at radius 2 is 2.15 bits per heavy atom. The zero-order valence-corrected chi connectivity index (χ0v) is 14.0. The van der Waals surface area contributed by atoms with Gasteiger partial charge in [-0.25, -0.2) is 4.68 Å². The van der Waals surface area contributed by atoms with Crippen molar-refractivity contribution in [1.82, 2.24) is 20.3 Å². The molecule has 0 aliphatic heterocycles. The molecular weight excluding hydrogens is 342 g/mol. The van der Waals surface area contributed by atoms with Crippen molar-refractivity contribution in [2.24, 2.45) is 5.92 Å². The van der Waals surface area contributed by atoms with Gasteiger partial charge in [-0.05, 0) is 32.3 Å². The molecule has 0 unspecified atom stereocenters. The van der Waals surface area contributed by atoms with Gasteiger partial charge in [0.2, 0.25) is 0 Å². The number of hydrogen-bond acceptors (Lipinski definition) is 6. The van der Waals surface area contributed by atoms with E-state index in [0.717, 1.165) is 0 Å². The average molecular weight is 359 g/mol. The number of rotatable bonds is 5. The number of nitrogens with zero attached hydrogens (tertiary/aromatic N) is 4. The molecule has 0 saturated heterocycles. The van der Waals surface area contributed by atoms with Gasteiger partial charge in [-0.3, -0.25) is 19.7 Å². The van der Waals surface area contributed by atoms with Crippen LogP contribution in [0.5, 0.6) is 0 Å². The molecule has 2 N–H and O–H groups in total. The van der Waals surface area contributed by atoms with Gasteiger partial charge in [-0.15, -0.1) is 5.10 Å². The Morgan fingerprint density at radius 1 is 1.38 bits per heavy atom. The molecule has 1 amide bonds. The number of carboxylic acid groups (broad SMARTS) is 1. The van der Waals surface area contributed by atoms with E-state index in [2.05, 4.69) is 15.6 Å². The largest absolute Gasteiger partial charge is 0.481 e. The molecule has 136 valence electrons. The Morgan fingerprint density at radius 3 is 2.81 bits per heavy atom. The van der Waals surface area contributed by atoms with Crippen molar-refractivity contribution < 1.29 is 19.6 Å². The number of carboxylic acids is 1. The summed E-state index contributed by atoms with van der Waals surface area (Å²) in [6, 6.07) is 5.65. The molecule has 1 aliphatic rings. The zero-order chi connectivity index (χ0) is 18.8. The average Bonchev–Trinajstić information content (AvgIpc) is 3.21.